The topological polar surface area (TPSA) is 67.6 Å². The van der Waals surface area contributed by atoms with Crippen molar-refractivity contribution in [1.29, 1.82) is 0 Å². The van der Waals surface area contributed by atoms with E-state index in [1.807, 2.05) is 0 Å². The summed E-state index contributed by atoms with van der Waals surface area (Å²) in [6, 6.07) is 6.81. The van der Waals surface area contributed by atoms with Gasteiger partial charge in [0.05, 0.1) is 11.0 Å². The normalized spacial score (nSPS) is 20.2. The van der Waals surface area contributed by atoms with Gasteiger partial charge in [0, 0.05) is 38.3 Å². The fraction of sp³-hybridized carbons (Fsp3) is 0.538. The maximum Gasteiger partial charge on any atom is 0.273 e. The lowest BCUT2D eigenvalue weighted by Gasteiger charge is -2.33. The Morgan fingerprint density at radius 1 is 1.58 bits per heavy atom. The number of hydrogen-bond donors (Lipinski definition) is 1. The zero-order valence-corrected chi connectivity index (χ0v) is 11.0. The smallest absolute Gasteiger partial charge is 0.273 e. The standard InChI is InChI=1S/C13H19N3O3/c1-11-10-14-5-6-15(11)7-8-19-13-4-2-3-12(9-13)16(17)18/h2-4,9,11,14H,5-8,10H2,1H3/t11-/m1/s1. The Bertz CT molecular complexity index is 439. The molecule has 0 radical (unpaired) electrons. The number of benzene rings is 1. The summed E-state index contributed by atoms with van der Waals surface area (Å²) in [7, 11) is 0. The molecule has 1 aromatic rings. The Morgan fingerprint density at radius 2 is 2.42 bits per heavy atom. The van der Waals surface area contributed by atoms with Gasteiger partial charge in [-0.15, -0.1) is 0 Å². The minimum absolute atomic E-state index is 0.0630. The number of ether oxygens (including phenoxy) is 1. The van der Waals surface area contributed by atoms with Gasteiger partial charge in [-0.05, 0) is 13.0 Å². The molecule has 0 unspecified atom stereocenters. The van der Waals surface area contributed by atoms with E-state index in [1.54, 1.807) is 12.1 Å². The van der Waals surface area contributed by atoms with Crippen LogP contribution in [0.4, 0.5) is 5.69 Å². The number of hydrogen-bond acceptors (Lipinski definition) is 5. The molecule has 1 saturated heterocycles. The SMILES string of the molecule is C[C@@H]1CNCCN1CCOc1cccc([N+](=O)[O-])c1. The summed E-state index contributed by atoms with van der Waals surface area (Å²) >= 11 is 0. The molecule has 1 atom stereocenters. The molecule has 1 heterocycles. The van der Waals surface area contributed by atoms with Crippen molar-refractivity contribution in [2.45, 2.75) is 13.0 Å². The molecule has 0 amide bonds. The Kier molecular flexibility index (Phi) is 4.70. The Hall–Kier alpha value is -1.66. The second-order valence-corrected chi connectivity index (χ2v) is 4.69. The first kappa shape index (κ1) is 13.8. The van der Waals surface area contributed by atoms with E-state index in [4.69, 9.17) is 4.74 Å². The maximum atomic E-state index is 10.7. The molecule has 2 rings (SSSR count). The molecule has 0 aliphatic carbocycles. The van der Waals surface area contributed by atoms with E-state index in [0.29, 0.717) is 18.4 Å². The van der Waals surface area contributed by atoms with Crippen molar-refractivity contribution in [2.75, 3.05) is 32.8 Å². The largest absolute Gasteiger partial charge is 0.492 e. The third-order valence-corrected chi connectivity index (χ3v) is 3.31. The Morgan fingerprint density at radius 3 is 3.16 bits per heavy atom. The zero-order chi connectivity index (χ0) is 13.7. The van der Waals surface area contributed by atoms with Crippen molar-refractivity contribution in [1.82, 2.24) is 10.2 Å². The average molecular weight is 265 g/mol. The summed E-state index contributed by atoms with van der Waals surface area (Å²) in [5.74, 6) is 0.553. The molecule has 0 spiro atoms. The van der Waals surface area contributed by atoms with Crippen molar-refractivity contribution in [3.63, 3.8) is 0 Å². The van der Waals surface area contributed by atoms with Crippen LogP contribution >= 0.6 is 0 Å². The lowest BCUT2D eigenvalue weighted by atomic mass is 10.2. The first-order valence-corrected chi connectivity index (χ1v) is 6.49. The van der Waals surface area contributed by atoms with Crippen LogP contribution in [0.25, 0.3) is 0 Å². The predicted octanol–water partition coefficient (Wildman–Crippen LogP) is 1.27. The van der Waals surface area contributed by atoms with Gasteiger partial charge in [0.2, 0.25) is 0 Å². The fourth-order valence-corrected chi connectivity index (χ4v) is 2.18. The van der Waals surface area contributed by atoms with Crippen LogP contribution in [0.5, 0.6) is 5.75 Å². The molecule has 1 aliphatic rings. The summed E-state index contributed by atoms with van der Waals surface area (Å²) in [6.07, 6.45) is 0. The van der Waals surface area contributed by atoms with Crippen LogP contribution < -0.4 is 10.1 Å². The number of nitro benzene ring substituents is 1. The number of rotatable bonds is 5. The molecule has 1 aromatic carbocycles. The van der Waals surface area contributed by atoms with Crippen LogP contribution in [0.2, 0.25) is 0 Å². The summed E-state index contributed by atoms with van der Waals surface area (Å²) < 4.78 is 5.58. The highest BCUT2D eigenvalue weighted by Gasteiger charge is 2.17. The van der Waals surface area contributed by atoms with Crippen LogP contribution in [0.1, 0.15) is 6.92 Å². The van der Waals surface area contributed by atoms with Gasteiger partial charge < -0.3 is 10.1 Å². The van der Waals surface area contributed by atoms with Crippen molar-refractivity contribution < 1.29 is 9.66 Å². The highest BCUT2D eigenvalue weighted by atomic mass is 16.6. The quantitative estimate of drug-likeness (QED) is 0.641. The number of nitrogens with one attached hydrogen (secondary N) is 1. The molecule has 1 N–H and O–H groups in total. The average Bonchev–Trinajstić information content (AvgIpc) is 2.41. The van der Waals surface area contributed by atoms with Crippen LogP contribution in [0.15, 0.2) is 24.3 Å². The Labute approximate surface area is 112 Å². The third-order valence-electron chi connectivity index (χ3n) is 3.31. The monoisotopic (exact) mass is 265 g/mol. The molecule has 1 fully saturated rings. The van der Waals surface area contributed by atoms with Crippen LogP contribution in [0.3, 0.4) is 0 Å². The highest BCUT2D eigenvalue weighted by Crippen LogP contribution is 2.19. The molecular formula is C13H19N3O3. The van der Waals surface area contributed by atoms with E-state index in [9.17, 15) is 10.1 Å². The van der Waals surface area contributed by atoms with Crippen LogP contribution in [0, 0.1) is 10.1 Å². The van der Waals surface area contributed by atoms with Gasteiger partial charge in [0.15, 0.2) is 0 Å². The molecule has 19 heavy (non-hydrogen) atoms. The highest BCUT2D eigenvalue weighted by molar-refractivity contribution is 5.37. The zero-order valence-electron chi connectivity index (χ0n) is 11.0. The van der Waals surface area contributed by atoms with E-state index >= 15 is 0 Å². The number of non-ortho nitro benzene ring substituents is 1. The number of nitro groups is 1. The fourth-order valence-electron chi connectivity index (χ4n) is 2.18. The van der Waals surface area contributed by atoms with Crippen molar-refractivity contribution in [3.05, 3.63) is 34.4 Å². The molecule has 0 aromatic heterocycles. The van der Waals surface area contributed by atoms with Gasteiger partial charge in [-0.3, -0.25) is 15.0 Å². The van der Waals surface area contributed by atoms with Crippen molar-refractivity contribution in [3.8, 4) is 5.75 Å². The summed E-state index contributed by atoms with van der Waals surface area (Å²) in [5, 5.41) is 14.0. The predicted molar refractivity (Wildman–Crippen MR) is 72.5 cm³/mol. The molecule has 6 heteroatoms. The Balaban J connectivity index is 1.82. The molecule has 0 bridgehead atoms. The van der Waals surface area contributed by atoms with Crippen LogP contribution in [-0.2, 0) is 0 Å². The molecule has 1 aliphatic heterocycles. The lowest BCUT2D eigenvalue weighted by Crippen LogP contribution is -2.50. The molecular weight excluding hydrogens is 246 g/mol. The lowest BCUT2D eigenvalue weighted by molar-refractivity contribution is -0.384. The van der Waals surface area contributed by atoms with Crippen LogP contribution in [-0.4, -0.2) is 48.7 Å². The van der Waals surface area contributed by atoms with Gasteiger partial charge in [-0.1, -0.05) is 6.07 Å². The van der Waals surface area contributed by atoms with Crippen molar-refractivity contribution >= 4 is 5.69 Å². The third kappa shape index (κ3) is 3.90. The van der Waals surface area contributed by atoms with Crippen molar-refractivity contribution in [2.24, 2.45) is 0 Å². The molecule has 6 nitrogen and oxygen atoms in total. The maximum absolute atomic E-state index is 10.7. The summed E-state index contributed by atoms with van der Waals surface area (Å²) in [5.41, 5.74) is 0.0630. The number of piperazine rings is 1. The molecule has 104 valence electrons. The van der Waals surface area contributed by atoms with Gasteiger partial charge in [-0.25, -0.2) is 0 Å². The second kappa shape index (κ2) is 6.49. The minimum atomic E-state index is -0.411. The van der Waals surface area contributed by atoms with E-state index in [0.717, 1.165) is 26.2 Å². The van der Waals surface area contributed by atoms with Gasteiger partial charge >= 0.3 is 0 Å². The van der Waals surface area contributed by atoms with Gasteiger partial charge in [0.1, 0.15) is 12.4 Å². The van der Waals surface area contributed by atoms with Gasteiger partial charge in [0.25, 0.3) is 5.69 Å². The van der Waals surface area contributed by atoms with Gasteiger partial charge in [-0.2, -0.15) is 0 Å². The van der Waals surface area contributed by atoms with E-state index < -0.39 is 4.92 Å². The second-order valence-electron chi connectivity index (χ2n) is 4.69. The van der Waals surface area contributed by atoms with E-state index in [-0.39, 0.29) is 5.69 Å². The number of nitrogens with zero attached hydrogens (tertiary/aromatic N) is 2. The summed E-state index contributed by atoms with van der Waals surface area (Å²) in [6.45, 7) is 6.58. The summed E-state index contributed by atoms with van der Waals surface area (Å²) in [4.78, 5) is 12.6. The first-order chi connectivity index (χ1) is 9.16. The first-order valence-electron chi connectivity index (χ1n) is 6.49. The van der Waals surface area contributed by atoms with E-state index in [1.165, 1.54) is 12.1 Å². The minimum Gasteiger partial charge on any atom is -0.492 e. The molecule has 0 saturated carbocycles. The van der Waals surface area contributed by atoms with E-state index in [2.05, 4.69) is 17.1 Å².